The van der Waals surface area contributed by atoms with Gasteiger partial charge in [0.15, 0.2) is 5.78 Å². The summed E-state index contributed by atoms with van der Waals surface area (Å²) < 4.78 is 8.37. The molecule has 0 N–H and O–H groups in total. The van der Waals surface area contributed by atoms with Crippen LogP contribution in [-0.2, 0) is 13.5 Å². The minimum absolute atomic E-state index is 0.0956. The van der Waals surface area contributed by atoms with Gasteiger partial charge in [0, 0.05) is 49.3 Å². The molecule has 2 aromatic carbocycles. The van der Waals surface area contributed by atoms with Crippen molar-refractivity contribution in [1.82, 2.24) is 14.5 Å². The van der Waals surface area contributed by atoms with Crippen LogP contribution < -0.4 is 4.74 Å². The average molecular weight is 448 g/mol. The Hall–Kier alpha value is -4.25. The van der Waals surface area contributed by atoms with Gasteiger partial charge < -0.3 is 9.30 Å². The van der Waals surface area contributed by atoms with Crippen molar-refractivity contribution in [1.29, 1.82) is 0 Å². The zero-order valence-corrected chi connectivity index (χ0v) is 19.4. The summed E-state index contributed by atoms with van der Waals surface area (Å²) in [5.74, 6) is 1.50. The maximum Gasteiger partial charge on any atom is 0.167 e. The van der Waals surface area contributed by atoms with Crippen molar-refractivity contribution < 1.29 is 9.53 Å². The first-order valence-corrected chi connectivity index (χ1v) is 11.2. The van der Waals surface area contributed by atoms with Crippen LogP contribution >= 0.6 is 0 Å². The molecule has 0 bridgehead atoms. The van der Waals surface area contributed by atoms with Gasteiger partial charge in [-0.25, -0.2) is 4.98 Å². The summed E-state index contributed by atoms with van der Waals surface area (Å²) in [4.78, 5) is 21.8. The lowest BCUT2D eigenvalue weighted by molar-refractivity contribution is 0.0992. The smallest absolute Gasteiger partial charge is 0.167 e. The standard InChI is InChI=1S/C29H25N3O2/c1-19-5-4-6-22(15-19)27(33)17-23-16-24(8-7-20(23)2)34-28-18-26(21-9-12-30-13-10-21)31-29-25(28)11-14-32(29)3/h4-16,18H,17H2,1-3H3. The summed E-state index contributed by atoms with van der Waals surface area (Å²) >= 11 is 0. The predicted octanol–water partition coefficient (Wildman–Crippen LogP) is 6.47. The van der Waals surface area contributed by atoms with Crippen molar-refractivity contribution in [3.8, 4) is 22.8 Å². The van der Waals surface area contributed by atoms with Gasteiger partial charge in [0.05, 0.1) is 11.1 Å². The number of fused-ring (bicyclic) bond motifs is 1. The number of hydrogen-bond acceptors (Lipinski definition) is 4. The van der Waals surface area contributed by atoms with E-state index in [1.54, 1.807) is 12.4 Å². The number of rotatable bonds is 6. The number of Topliss-reactive ketones (excluding diaryl/α,β-unsaturated/α-hetero) is 1. The van der Waals surface area contributed by atoms with Crippen molar-refractivity contribution in [2.45, 2.75) is 20.3 Å². The largest absolute Gasteiger partial charge is 0.457 e. The number of benzene rings is 2. The van der Waals surface area contributed by atoms with Crippen molar-refractivity contribution in [2.75, 3.05) is 0 Å². The fraction of sp³-hybridized carbons (Fsp3) is 0.138. The molecule has 0 atom stereocenters. The fourth-order valence-corrected chi connectivity index (χ4v) is 4.08. The van der Waals surface area contributed by atoms with E-state index >= 15 is 0 Å². The average Bonchev–Trinajstić information content (AvgIpc) is 3.22. The van der Waals surface area contributed by atoms with E-state index in [1.165, 1.54) is 0 Å². The van der Waals surface area contributed by atoms with Gasteiger partial charge in [-0.1, -0.05) is 29.8 Å². The van der Waals surface area contributed by atoms with Crippen LogP contribution in [0.5, 0.6) is 11.5 Å². The molecule has 0 aliphatic carbocycles. The monoisotopic (exact) mass is 447 g/mol. The molecule has 0 radical (unpaired) electrons. The van der Waals surface area contributed by atoms with Gasteiger partial charge in [-0.2, -0.15) is 0 Å². The molecule has 5 heteroatoms. The molecule has 168 valence electrons. The van der Waals surface area contributed by atoms with Crippen LogP contribution in [-0.4, -0.2) is 20.3 Å². The van der Waals surface area contributed by atoms with Crippen LogP contribution in [0.3, 0.4) is 0 Å². The van der Waals surface area contributed by atoms with Gasteiger partial charge in [-0.3, -0.25) is 9.78 Å². The molecule has 5 nitrogen and oxygen atoms in total. The van der Waals surface area contributed by atoms with Crippen molar-refractivity contribution in [3.05, 3.63) is 108 Å². The summed E-state index contributed by atoms with van der Waals surface area (Å²) in [6.45, 7) is 4.02. The maximum absolute atomic E-state index is 12.9. The molecule has 0 unspecified atom stereocenters. The van der Waals surface area contributed by atoms with E-state index in [2.05, 4.69) is 4.98 Å². The van der Waals surface area contributed by atoms with Crippen LogP contribution in [0.1, 0.15) is 27.0 Å². The molecule has 0 aliphatic heterocycles. The van der Waals surface area contributed by atoms with Crippen molar-refractivity contribution >= 4 is 16.8 Å². The Kier molecular flexibility index (Phi) is 5.68. The number of aryl methyl sites for hydroxylation is 3. The van der Waals surface area contributed by atoms with Crippen LogP contribution in [0.2, 0.25) is 0 Å². The number of carbonyl (C=O) groups is 1. The first kappa shape index (κ1) is 21.6. The Labute approximate surface area is 198 Å². The number of pyridine rings is 2. The Balaban J connectivity index is 1.49. The van der Waals surface area contributed by atoms with E-state index in [-0.39, 0.29) is 5.78 Å². The molecule has 0 saturated carbocycles. The second-order valence-electron chi connectivity index (χ2n) is 8.57. The number of nitrogens with zero attached hydrogens (tertiary/aromatic N) is 3. The molecule has 0 saturated heterocycles. The third-order valence-electron chi connectivity index (χ3n) is 6.01. The van der Waals surface area contributed by atoms with Gasteiger partial charge in [-0.05, 0) is 61.4 Å². The zero-order chi connectivity index (χ0) is 23.7. The minimum atomic E-state index is 0.0956. The quantitative estimate of drug-likeness (QED) is 0.280. The second-order valence-corrected chi connectivity index (χ2v) is 8.57. The highest BCUT2D eigenvalue weighted by molar-refractivity contribution is 5.97. The lowest BCUT2D eigenvalue weighted by Gasteiger charge is -2.13. The number of ether oxygens (including phenoxy) is 1. The Bertz CT molecular complexity index is 1500. The normalized spacial score (nSPS) is 11.0. The SMILES string of the molecule is Cc1cccc(C(=O)Cc2cc(Oc3cc(-c4ccncc4)nc4c3ccn4C)ccc2C)c1. The fourth-order valence-electron chi connectivity index (χ4n) is 4.08. The van der Waals surface area contributed by atoms with E-state index in [1.807, 2.05) is 98.4 Å². The second kappa shape index (κ2) is 8.94. The lowest BCUT2D eigenvalue weighted by atomic mass is 9.98. The molecule has 0 spiro atoms. The minimum Gasteiger partial charge on any atom is -0.457 e. The highest BCUT2D eigenvalue weighted by Gasteiger charge is 2.14. The van der Waals surface area contributed by atoms with Crippen molar-refractivity contribution in [3.63, 3.8) is 0 Å². The van der Waals surface area contributed by atoms with Crippen LogP contribution in [0.4, 0.5) is 0 Å². The molecule has 5 aromatic rings. The Morgan fingerprint density at radius 1 is 0.971 bits per heavy atom. The molecule has 0 aliphatic rings. The highest BCUT2D eigenvalue weighted by Crippen LogP contribution is 2.34. The van der Waals surface area contributed by atoms with Gasteiger partial charge >= 0.3 is 0 Å². The lowest BCUT2D eigenvalue weighted by Crippen LogP contribution is -2.05. The molecule has 3 aromatic heterocycles. The molecular formula is C29H25N3O2. The number of aromatic nitrogens is 3. The van der Waals surface area contributed by atoms with E-state index in [0.717, 1.165) is 50.3 Å². The molecular weight excluding hydrogens is 422 g/mol. The van der Waals surface area contributed by atoms with Gasteiger partial charge in [0.1, 0.15) is 17.1 Å². The Morgan fingerprint density at radius 2 is 1.79 bits per heavy atom. The van der Waals surface area contributed by atoms with Gasteiger partial charge in [-0.15, -0.1) is 0 Å². The Morgan fingerprint density at radius 3 is 2.59 bits per heavy atom. The third-order valence-corrected chi connectivity index (χ3v) is 6.01. The number of hydrogen-bond donors (Lipinski definition) is 0. The first-order valence-electron chi connectivity index (χ1n) is 11.2. The van der Waals surface area contributed by atoms with E-state index < -0.39 is 0 Å². The zero-order valence-electron chi connectivity index (χ0n) is 19.4. The summed E-state index contributed by atoms with van der Waals surface area (Å²) in [5.41, 5.74) is 6.44. The van der Waals surface area contributed by atoms with Crippen LogP contribution in [0, 0.1) is 13.8 Å². The maximum atomic E-state index is 12.9. The summed E-state index contributed by atoms with van der Waals surface area (Å²) in [5, 5.41) is 0.929. The molecule has 34 heavy (non-hydrogen) atoms. The highest BCUT2D eigenvalue weighted by atomic mass is 16.5. The van der Waals surface area contributed by atoms with Crippen LogP contribution in [0.15, 0.2) is 85.3 Å². The topological polar surface area (TPSA) is 57.0 Å². The number of carbonyl (C=O) groups excluding carboxylic acids is 1. The van der Waals surface area contributed by atoms with Gasteiger partial charge in [0.2, 0.25) is 0 Å². The van der Waals surface area contributed by atoms with Crippen LogP contribution in [0.25, 0.3) is 22.3 Å². The predicted molar refractivity (Wildman–Crippen MR) is 134 cm³/mol. The molecule has 3 heterocycles. The van der Waals surface area contributed by atoms with E-state index in [4.69, 9.17) is 9.72 Å². The van der Waals surface area contributed by atoms with Crippen molar-refractivity contribution in [2.24, 2.45) is 7.05 Å². The summed E-state index contributed by atoms with van der Waals surface area (Å²) in [6, 6.07) is 21.4. The summed E-state index contributed by atoms with van der Waals surface area (Å²) in [6.07, 6.45) is 5.81. The first-order chi connectivity index (χ1) is 16.5. The van der Waals surface area contributed by atoms with Gasteiger partial charge in [0.25, 0.3) is 0 Å². The third kappa shape index (κ3) is 4.33. The number of ketones is 1. The van der Waals surface area contributed by atoms with E-state index in [9.17, 15) is 4.79 Å². The molecule has 0 fully saturated rings. The molecule has 0 amide bonds. The van der Waals surface area contributed by atoms with E-state index in [0.29, 0.717) is 12.2 Å². The molecule has 5 rings (SSSR count). The summed E-state index contributed by atoms with van der Waals surface area (Å²) in [7, 11) is 1.97.